The van der Waals surface area contributed by atoms with Gasteiger partial charge in [0.2, 0.25) is 5.91 Å². The summed E-state index contributed by atoms with van der Waals surface area (Å²) >= 11 is 1.07. The molecule has 20 heavy (non-hydrogen) atoms. The van der Waals surface area contributed by atoms with Crippen molar-refractivity contribution in [1.82, 2.24) is 9.88 Å². The number of carbonyl (C=O) groups excluding carboxylic acids is 1. The topological polar surface area (TPSA) is 88.4 Å². The fraction of sp³-hybridized carbons (Fsp3) is 0.615. The molecule has 6 nitrogen and oxygen atoms in total. The number of nitrogens with one attached hydrogen (secondary N) is 1. The molecule has 1 saturated carbocycles. The number of thiazole rings is 1. The molecule has 1 aliphatic carbocycles. The predicted molar refractivity (Wildman–Crippen MR) is 74.9 cm³/mol. The molecule has 0 unspecified atom stereocenters. The molecule has 0 atom stereocenters. The summed E-state index contributed by atoms with van der Waals surface area (Å²) in [5.74, 6) is -1.07. The van der Waals surface area contributed by atoms with Crippen molar-refractivity contribution in [3.63, 3.8) is 0 Å². The van der Waals surface area contributed by atoms with Gasteiger partial charge in [0.25, 0.3) is 0 Å². The van der Waals surface area contributed by atoms with Crippen LogP contribution in [0.1, 0.15) is 31.4 Å². The van der Waals surface area contributed by atoms with Crippen molar-refractivity contribution in [3.05, 3.63) is 20.7 Å². The molecule has 1 aromatic rings. The van der Waals surface area contributed by atoms with E-state index < -0.39 is 5.97 Å². The number of aliphatic carboxylic acids is 1. The normalized spacial score (nSPS) is 16.4. The van der Waals surface area contributed by atoms with Gasteiger partial charge in [-0.15, -0.1) is 0 Å². The zero-order chi connectivity index (χ0) is 14.8. The van der Waals surface area contributed by atoms with E-state index in [2.05, 4.69) is 5.32 Å². The van der Waals surface area contributed by atoms with Crippen molar-refractivity contribution in [1.29, 1.82) is 0 Å². The Morgan fingerprint density at radius 3 is 2.65 bits per heavy atom. The lowest BCUT2D eigenvalue weighted by molar-refractivity contribution is -0.141. The molecule has 0 bridgehead atoms. The second kappa shape index (κ2) is 5.78. The molecule has 7 heteroatoms. The second-order valence-electron chi connectivity index (χ2n) is 5.43. The maximum absolute atomic E-state index is 11.9. The molecule has 0 aliphatic heterocycles. The molecule has 0 saturated heterocycles. The van der Waals surface area contributed by atoms with E-state index in [0.29, 0.717) is 6.54 Å². The second-order valence-corrected chi connectivity index (χ2v) is 6.25. The Balaban J connectivity index is 1.89. The van der Waals surface area contributed by atoms with Gasteiger partial charge in [0.05, 0.1) is 6.42 Å². The molecular formula is C13H18N2O4S. The third-order valence-corrected chi connectivity index (χ3v) is 4.76. The summed E-state index contributed by atoms with van der Waals surface area (Å²) in [7, 11) is 0. The number of nitrogens with zero attached hydrogens (tertiary/aromatic N) is 1. The van der Waals surface area contributed by atoms with Gasteiger partial charge in [-0.3, -0.25) is 19.0 Å². The lowest BCUT2D eigenvalue weighted by Gasteiger charge is -2.40. The first-order chi connectivity index (χ1) is 9.42. The molecule has 0 spiro atoms. The maximum atomic E-state index is 11.9. The number of aryl methyl sites for hydroxylation is 1. The number of carboxylic acids is 1. The van der Waals surface area contributed by atoms with E-state index in [-0.39, 0.29) is 29.2 Å². The van der Waals surface area contributed by atoms with Crippen molar-refractivity contribution in [2.45, 2.75) is 39.2 Å². The van der Waals surface area contributed by atoms with Crippen LogP contribution in [0.15, 0.2) is 10.2 Å². The van der Waals surface area contributed by atoms with Gasteiger partial charge in [-0.25, -0.2) is 0 Å². The van der Waals surface area contributed by atoms with E-state index in [4.69, 9.17) is 5.11 Å². The number of hydrogen-bond donors (Lipinski definition) is 2. The molecule has 1 aromatic heterocycles. The smallest absolute Gasteiger partial charge is 0.307 e. The minimum Gasteiger partial charge on any atom is -0.481 e. The Kier molecular flexibility index (Phi) is 4.27. The van der Waals surface area contributed by atoms with E-state index in [1.165, 1.54) is 4.57 Å². The van der Waals surface area contributed by atoms with Crippen molar-refractivity contribution in [3.8, 4) is 0 Å². The van der Waals surface area contributed by atoms with Gasteiger partial charge in [0.15, 0.2) is 0 Å². The number of amides is 1. The lowest BCUT2D eigenvalue weighted by Crippen LogP contribution is -2.44. The van der Waals surface area contributed by atoms with Crippen LogP contribution in [0.3, 0.4) is 0 Å². The van der Waals surface area contributed by atoms with Crippen LogP contribution in [-0.4, -0.2) is 28.1 Å². The summed E-state index contributed by atoms with van der Waals surface area (Å²) in [5, 5.41) is 13.4. The van der Waals surface area contributed by atoms with Crippen molar-refractivity contribution in [2.75, 3.05) is 6.54 Å². The number of carbonyl (C=O) groups is 2. The Morgan fingerprint density at radius 1 is 1.50 bits per heavy atom. The Bertz CT molecular complexity index is 571. The molecule has 1 aliphatic rings. The highest BCUT2D eigenvalue weighted by atomic mass is 32.1. The summed E-state index contributed by atoms with van der Waals surface area (Å²) in [6.45, 7) is 2.15. The standard InChI is InChI=1S/C13H18N2O4S/c1-9-7-20-12(19)15(9)6-10(16)14-8-13(3-2-4-13)5-11(17)18/h7H,2-6,8H2,1H3,(H,14,16)(H,17,18). The highest BCUT2D eigenvalue weighted by molar-refractivity contribution is 7.07. The first-order valence-electron chi connectivity index (χ1n) is 6.55. The molecular weight excluding hydrogens is 280 g/mol. The Hall–Kier alpha value is -1.63. The predicted octanol–water partition coefficient (Wildman–Crippen LogP) is 0.979. The number of rotatable bonds is 6. The monoisotopic (exact) mass is 298 g/mol. The Labute approximate surface area is 120 Å². The van der Waals surface area contributed by atoms with Gasteiger partial charge < -0.3 is 10.4 Å². The first kappa shape index (κ1) is 14.8. The van der Waals surface area contributed by atoms with Gasteiger partial charge in [-0.05, 0) is 25.2 Å². The van der Waals surface area contributed by atoms with Crippen LogP contribution in [0.2, 0.25) is 0 Å². The summed E-state index contributed by atoms with van der Waals surface area (Å²) in [6, 6.07) is 0. The highest BCUT2D eigenvalue weighted by Crippen LogP contribution is 2.43. The molecule has 1 amide bonds. The number of aromatic nitrogens is 1. The molecule has 2 N–H and O–H groups in total. The molecule has 0 aromatic carbocycles. The fourth-order valence-corrected chi connectivity index (χ4v) is 3.23. The van der Waals surface area contributed by atoms with E-state index in [9.17, 15) is 14.4 Å². The van der Waals surface area contributed by atoms with E-state index in [1.54, 1.807) is 12.3 Å². The maximum Gasteiger partial charge on any atom is 0.307 e. The largest absolute Gasteiger partial charge is 0.481 e. The van der Waals surface area contributed by atoms with E-state index in [1.807, 2.05) is 0 Å². The van der Waals surface area contributed by atoms with Crippen molar-refractivity contribution in [2.24, 2.45) is 5.41 Å². The van der Waals surface area contributed by atoms with Crippen LogP contribution in [0.25, 0.3) is 0 Å². The van der Waals surface area contributed by atoms with Crippen molar-refractivity contribution >= 4 is 23.2 Å². The van der Waals surface area contributed by atoms with Crippen LogP contribution in [0, 0.1) is 12.3 Å². The van der Waals surface area contributed by atoms with Gasteiger partial charge in [0.1, 0.15) is 6.54 Å². The van der Waals surface area contributed by atoms with Gasteiger partial charge in [0, 0.05) is 17.6 Å². The number of hydrogen-bond acceptors (Lipinski definition) is 4. The van der Waals surface area contributed by atoms with Crippen LogP contribution in [0.5, 0.6) is 0 Å². The van der Waals surface area contributed by atoms with Crippen LogP contribution >= 0.6 is 11.3 Å². The molecule has 0 radical (unpaired) electrons. The fourth-order valence-electron chi connectivity index (χ4n) is 2.50. The molecule has 1 heterocycles. The Morgan fingerprint density at radius 2 is 2.20 bits per heavy atom. The minimum absolute atomic E-state index is 0.00266. The first-order valence-corrected chi connectivity index (χ1v) is 7.43. The van der Waals surface area contributed by atoms with Crippen molar-refractivity contribution < 1.29 is 14.7 Å². The van der Waals surface area contributed by atoms with Crippen LogP contribution in [-0.2, 0) is 16.1 Å². The summed E-state index contributed by atoms with van der Waals surface area (Å²) in [6.07, 6.45) is 2.75. The van der Waals surface area contributed by atoms with Gasteiger partial charge in [-0.2, -0.15) is 0 Å². The zero-order valence-electron chi connectivity index (χ0n) is 11.3. The molecule has 110 valence electrons. The minimum atomic E-state index is -0.830. The summed E-state index contributed by atoms with van der Waals surface area (Å²) in [5.41, 5.74) is 0.468. The van der Waals surface area contributed by atoms with Crippen LogP contribution < -0.4 is 10.2 Å². The zero-order valence-corrected chi connectivity index (χ0v) is 12.2. The SMILES string of the molecule is Cc1csc(=O)n1CC(=O)NCC1(CC(=O)O)CCC1. The molecule has 2 rings (SSSR count). The third kappa shape index (κ3) is 3.27. The van der Waals surface area contributed by atoms with Gasteiger partial charge >= 0.3 is 10.8 Å². The summed E-state index contributed by atoms with van der Waals surface area (Å²) < 4.78 is 1.42. The van der Waals surface area contributed by atoms with E-state index >= 15 is 0 Å². The third-order valence-electron chi connectivity index (χ3n) is 3.88. The van der Waals surface area contributed by atoms with Gasteiger partial charge in [-0.1, -0.05) is 17.8 Å². The van der Waals surface area contributed by atoms with E-state index in [0.717, 1.165) is 36.3 Å². The highest BCUT2D eigenvalue weighted by Gasteiger charge is 2.39. The number of carboxylic acid groups (broad SMARTS) is 1. The quantitative estimate of drug-likeness (QED) is 0.819. The van der Waals surface area contributed by atoms with Crippen LogP contribution in [0.4, 0.5) is 0 Å². The average molecular weight is 298 g/mol. The average Bonchev–Trinajstić information content (AvgIpc) is 2.64. The molecule has 1 fully saturated rings. The lowest BCUT2D eigenvalue weighted by atomic mass is 9.66. The summed E-state index contributed by atoms with van der Waals surface area (Å²) in [4.78, 5) is 34.1.